The van der Waals surface area contributed by atoms with E-state index in [0.29, 0.717) is 6.61 Å². The lowest BCUT2D eigenvalue weighted by Crippen LogP contribution is -1.94. The molecule has 30 heavy (non-hydrogen) atoms. The zero-order chi connectivity index (χ0) is 20.6. The molecule has 0 aliphatic heterocycles. The molecule has 0 N–H and O–H groups in total. The molecule has 0 unspecified atom stereocenters. The molecule has 4 rings (SSSR count). The topological polar surface area (TPSA) is 26.3 Å². The predicted octanol–water partition coefficient (Wildman–Crippen LogP) is 6.81. The summed E-state index contributed by atoms with van der Waals surface area (Å²) in [5, 5.41) is 0. The summed E-state index contributed by atoms with van der Waals surface area (Å²) in [5.41, 5.74) is 3.36. The first kappa shape index (κ1) is 19.9. The van der Waals surface area contributed by atoms with Gasteiger partial charge in [0.25, 0.3) is 0 Å². The van der Waals surface area contributed by atoms with Crippen LogP contribution in [0.25, 0.3) is 6.08 Å². The molecule has 3 aromatic carbocycles. The summed E-state index contributed by atoms with van der Waals surface area (Å²) < 4.78 is 5.80. The van der Waals surface area contributed by atoms with Gasteiger partial charge in [0, 0.05) is 11.3 Å². The van der Waals surface area contributed by atoms with E-state index >= 15 is 0 Å². The summed E-state index contributed by atoms with van der Waals surface area (Å²) in [5.74, 6) is 0.842. The highest BCUT2D eigenvalue weighted by Crippen LogP contribution is 2.21. The number of carbonyl (C=O) groups is 1. The molecular weight excluding hydrogens is 388 g/mol. The molecule has 0 bridgehead atoms. The van der Waals surface area contributed by atoms with E-state index in [-0.39, 0.29) is 5.78 Å². The third kappa shape index (κ3) is 5.56. The second kappa shape index (κ2) is 9.86. The van der Waals surface area contributed by atoms with Crippen LogP contribution in [0.4, 0.5) is 0 Å². The van der Waals surface area contributed by atoms with E-state index in [2.05, 4.69) is 12.1 Å². The van der Waals surface area contributed by atoms with Gasteiger partial charge in [-0.15, -0.1) is 11.3 Å². The SMILES string of the molecule is O=C(/C=C/c1ccc(OCc2ccccc2)cc1)c1ccc(Cc2ccccc2)s1. The zero-order valence-electron chi connectivity index (χ0n) is 16.5. The molecule has 0 radical (unpaired) electrons. The lowest BCUT2D eigenvalue weighted by molar-refractivity contribution is 0.105. The smallest absolute Gasteiger partial charge is 0.195 e. The van der Waals surface area contributed by atoms with Crippen molar-refractivity contribution >= 4 is 23.2 Å². The van der Waals surface area contributed by atoms with Crippen LogP contribution in [0, 0.1) is 0 Å². The lowest BCUT2D eigenvalue weighted by atomic mass is 10.1. The first-order chi connectivity index (χ1) is 14.8. The zero-order valence-corrected chi connectivity index (χ0v) is 17.3. The first-order valence-electron chi connectivity index (χ1n) is 9.88. The van der Waals surface area contributed by atoms with Crippen LogP contribution in [0.15, 0.2) is 103 Å². The van der Waals surface area contributed by atoms with E-state index in [1.807, 2.05) is 91.0 Å². The van der Waals surface area contributed by atoms with Gasteiger partial charge >= 0.3 is 0 Å². The van der Waals surface area contributed by atoms with Crippen LogP contribution in [-0.4, -0.2) is 5.78 Å². The summed E-state index contributed by atoms with van der Waals surface area (Å²) in [6.45, 7) is 0.540. The summed E-state index contributed by atoms with van der Waals surface area (Å²) in [7, 11) is 0. The van der Waals surface area contributed by atoms with Crippen LogP contribution >= 0.6 is 11.3 Å². The van der Waals surface area contributed by atoms with Crippen molar-refractivity contribution in [3.8, 4) is 5.75 Å². The Labute approximate surface area is 181 Å². The molecule has 148 valence electrons. The number of rotatable bonds is 8. The van der Waals surface area contributed by atoms with Gasteiger partial charge in [0.15, 0.2) is 5.78 Å². The second-order valence-corrected chi connectivity index (χ2v) is 8.14. The Kier molecular flexibility index (Phi) is 6.53. The first-order valence-corrected chi connectivity index (χ1v) is 10.7. The number of carbonyl (C=O) groups excluding carboxylic acids is 1. The van der Waals surface area contributed by atoms with E-state index in [1.54, 1.807) is 17.4 Å². The Bertz CT molecular complexity index is 1110. The van der Waals surface area contributed by atoms with Gasteiger partial charge in [0.2, 0.25) is 0 Å². The Hall–Kier alpha value is -3.43. The van der Waals surface area contributed by atoms with E-state index in [1.165, 1.54) is 10.4 Å². The van der Waals surface area contributed by atoms with Gasteiger partial charge in [-0.3, -0.25) is 4.79 Å². The maximum absolute atomic E-state index is 12.5. The molecule has 0 saturated carbocycles. The van der Waals surface area contributed by atoms with Crippen molar-refractivity contribution in [2.24, 2.45) is 0 Å². The average Bonchev–Trinajstić information content (AvgIpc) is 3.27. The van der Waals surface area contributed by atoms with Gasteiger partial charge in [-0.25, -0.2) is 0 Å². The van der Waals surface area contributed by atoms with E-state index < -0.39 is 0 Å². The summed E-state index contributed by atoms with van der Waals surface area (Å²) in [4.78, 5) is 14.5. The van der Waals surface area contributed by atoms with Crippen molar-refractivity contribution in [1.29, 1.82) is 0 Å². The Morgan fingerprint density at radius 1 is 0.767 bits per heavy atom. The van der Waals surface area contributed by atoms with Crippen LogP contribution < -0.4 is 4.74 Å². The van der Waals surface area contributed by atoms with Crippen molar-refractivity contribution in [2.75, 3.05) is 0 Å². The number of hydrogen-bond acceptors (Lipinski definition) is 3. The minimum Gasteiger partial charge on any atom is -0.489 e. The van der Waals surface area contributed by atoms with Crippen LogP contribution in [0.5, 0.6) is 5.75 Å². The van der Waals surface area contributed by atoms with Gasteiger partial charge in [-0.2, -0.15) is 0 Å². The fourth-order valence-electron chi connectivity index (χ4n) is 3.07. The van der Waals surface area contributed by atoms with Gasteiger partial charge in [0.05, 0.1) is 4.88 Å². The van der Waals surface area contributed by atoms with Gasteiger partial charge in [0.1, 0.15) is 12.4 Å². The highest BCUT2D eigenvalue weighted by atomic mass is 32.1. The summed E-state index contributed by atoms with van der Waals surface area (Å²) in [6.07, 6.45) is 4.34. The van der Waals surface area contributed by atoms with E-state index in [4.69, 9.17) is 4.74 Å². The minimum atomic E-state index is 0.0312. The Morgan fingerprint density at radius 2 is 1.43 bits per heavy atom. The standard InChI is InChI=1S/C27H22O2S/c28-26(27-18-16-25(30-27)19-22-7-3-1-4-8-22)17-13-21-11-14-24(15-12-21)29-20-23-9-5-2-6-10-23/h1-18H,19-20H2/b17-13+. The molecule has 0 aliphatic rings. The van der Waals surface area contributed by atoms with Crippen molar-refractivity contribution < 1.29 is 9.53 Å². The van der Waals surface area contributed by atoms with Crippen molar-refractivity contribution in [1.82, 2.24) is 0 Å². The van der Waals surface area contributed by atoms with Crippen molar-refractivity contribution in [3.05, 3.63) is 130 Å². The van der Waals surface area contributed by atoms with Crippen molar-refractivity contribution in [3.63, 3.8) is 0 Å². The van der Waals surface area contributed by atoms with Crippen LogP contribution in [-0.2, 0) is 13.0 Å². The van der Waals surface area contributed by atoms with E-state index in [0.717, 1.165) is 28.2 Å². The Morgan fingerprint density at radius 3 is 2.13 bits per heavy atom. The van der Waals surface area contributed by atoms with Gasteiger partial charge in [-0.05, 0) is 47.0 Å². The number of hydrogen-bond donors (Lipinski definition) is 0. The Balaban J connectivity index is 1.32. The van der Waals surface area contributed by atoms with Gasteiger partial charge in [-0.1, -0.05) is 78.9 Å². The van der Waals surface area contributed by atoms with Gasteiger partial charge < -0.3 is 4.74 Å². The summed E-state index contributed by atoms with van der Waals surface area (Å²) >= 11 is 1.56. The monoisotopic (exact) mass is 410 g/mol. The van der Waals surface area contributed by atoms with Crippen LogP contribution in [0.2, 0.25) is 0 Å². The average molecular weight is 411 g/mol. The third-order valence-electron chi connectivity index (χ3n) is 4.68. The quantitative estimate of drug-likeness (QED) is 0.235. The maximum atomic E-state index is 12.5. The number of ether oxygens (including phenoxy) is 1. The maximum Gasteiger partial charge on any atom is 0.195 e. The van der Waals surface area contributed by atoms with E-state index in [9.17, 15) is 4.79 Å². The number of benzene rings is 3. The number of thiophene rings is 1. The van der Waals surface area contributed by atoms with Crippen LogP contribution in [0.1, 0.15) is 31.2 Å². The highest BCUT2D eigenvalue weighted by Gasteiger charge is 2.07. The molecule has 0 atom stereocenters. The second-order valence-electron chi connectivity index (χ2n) is 6.97. The predicted molar refractivity (Wildman–Crippen MR) is 124 cm³/mol. The number of ketones is 1. The third-order valence-corrected chi connectivity index (χ3v) is 5.78. The molecule has 0 amide bonds. The fourth-order valence-corrected chi connectivity index (χ4v) is 4.03. The molecule has 1 aromatic heterocycles. The highest BCUT2D eigenvalue weighted by molar-refractivity contribution is 7.14. The molecule has 2 nitrogen and oxygen atoms in total. The molecule has 4 aromatic rings. The molecule has 1 heterocycles. The fraction of sp³-hybridized carbons (Fsp3) is 0.0741. The largest absolute Gasteiger partial charge is 0.489 e. The molecule has 0 saturated heterocycles. The molecule has 0 spiro atoms. The normalized spacial score (nSPS) is 10.9. The molecule has 0 aliphatic carbocycles. The molecule has 3 heteroatoms. The lowest BCUT2D eigenvalue weighted by Gasteiger charge is -2.06. The minimum absolute atomic E-state index is 0.0312. The summed E-state index contributed by atoms with van der Waals surface area (Å²) in [6, 6.07) is 32.1. The molecular formula is C27H22O2S. The van der Waals surface area contributed by atoms with Crippen LogP contribution in [0.3, 0.4) is 0 Å². The number of allylic oxidation sites excluding steroid dienone is 1. The molecule has 0 fully saturated rings. The van der Waals surface area contributed by atoms with Crippen molar-refractivity contribution in [2.45, 2.75) is 13.0 Å².